The molecule has 8 heteroatoms. The quantitative estimate of drug-likeness (QED) is 0.694. The van der Waals surface area contributed by atoms with Crippen LogP contribution in [0.3, 0.4) is 0 Å². The van der Waals surface area contributed by atoms with Crippen molar-refractivity contribution in [1.29, 1.82) is 0 Å². The van der Waals surface area contributed by atoms with Crippen LogP contribution >= 0.6 is 23.3 Å². The molecule has 24 heavy (non-hydrogen) atoms. The first-order valence-corrected chi connectivity index (χ1v) is 9.34. The lowest BCUT2D eigenvalue weighted by atomic mass is 10.2. The lowest BCUT2D eigenvalue weighted by Crippen LogP contribution is -2.25. The highest BCUT2D eigenvalue weighted by Crippen LogP contribution is 2.27. The summed E-state index contributed by atoms with van der Waals surface area (Å²) in [5.74, 6) is 1.12. The minimum absolute atomic E-state index is 0.0701. The molecule has 1 atom stereocenters. The van der Waals surface area contributed by atoms with Gasteiger partial charge in [0.1, 0.15) is 18.5 Å². The van der Waals surface area contributed by atoms with Gasteiger partial charge in [-0.1, -0.05) is 23.9 Å². The standard InChI is InChI=1S/C16H20N2O4S2/c1-16(2)21-9-13(22-16)8-20-15-17-14(18-24-15)23-10-11-4-6-12(19-3)7-5-11/h4-7,13H,8-10H2,1-3H3. The Bertz CT molecular complexity index is 660. The Morgan fingerprint density at radius 2 is 2.12 bits per heavy atom. The minimum atomic E-state index is -0.533. The SMILES string of the molecule is COc1ccc(CSc2nsc(OCC3COC(C)(C)O3)n2)cc1. The van der Waals surface area contributed by atoms with Gasteiger partial charge in [0, 0.05) is 17.3 Å². The molecule has 130 valence electrons. The highest BCUT2D eigenvalue weighted by Gasteiger charge is 2.33. The molecular weight excluding hydrogens is 348 g/mol. The number of methoxy groups -OCH3 is 1. The molecule has 6 nitrogen and oxygen atoms in total. The van der Waals surface area contributed by atoms with Crippen LogP contribution in [0.5, 0.6) is 10.9 Å². The van der Waals surface area contributed by atoms with Crippen LogP contribution in [-0.4, -0.2) is 41.6 Å². The molecule has 2 aromatic rings. The largest absolute Gasteiger partial charge is 0.497 e. The Labute approximate surface area is 149 Å². The third kappa shape index (κ3) is 4.83. The molecule has 0 bridgehead atoms. The summed E-state index contributed by atoms with van der Waals surface area (Å²) < 4.78 is 26.3. The molecular formula is C16H20N2O4S2. The van der Waals surface area contributed by atoms with E-state index in [1.165, 1.54) is 17.1 Å². The lowest BCUT2D eigenvalue weighted by molar-refractivity contribution is -0.141. The molecule has 3 rings (SSSR count). The van der Waals surface area contributed by atoms with Gasteiger partial charge in [-0.15, -0.1) is 0 Å². The van der Waals surface area contributed by atoms with E-state index in [0.29, 0.717) is 18.4 Å². The molecule has 0 radical (unpaired) electrons. The van der Waals surface area contributed by atoms with Crippen molar-refractivity contribution in [2.45, 2.75) is 36.6 Å². The second kappa shape index (κ2) is 7.69. The summed E-state index contributed by atoms with van der Waals surface area (Å²) in [5.41, 5.74) is 1.19. The third-order valence-electron chi connectivity index (χ3n) is 3.38. The van der Waals surface area contributed by atoms with Gasteiger partial charge in [-0.2, -0.15) is 9.36 Å². The second-order valence-electron chi connectivity index (χ2n) is 5.74. The first-order chi connectivity index (χ1) is 11.5. The van der Waals surface area contributed by atoms with Crippen LogP contribution in [0.15, 0.2) is 29.4 Å². The molecule has 1 saturated heterocycles. The summed E-state index contributed by atoms with van der Waals surface area (Å²) in [4.78, 5) is 4.38. The second-order valence-corrected chi connectivity index (χ2v) is 7.40. The number of aromatic nitrogens is 2. The van der Waals surface area contributed by atoms with Crippen molar-refractivity contribution < 1.29 is 18.9 Å². The van der Waals surface area contributed by atoms with Crippen LogP contribution < -0.4 is 9.47 Å². The molecule has 0 amide bonds. The first kappa shape index (κ1) is 17.5. The zero-order valence-electron chi connectivity index (χ0n) is 13.9. The number of thioether (sulfide) groups is 1. The maximum Gasteiger partial charge on any atom is 0.294 e. The monoisotopic (exact) mass is 368 g/mol. The third-order valence-corrected chi connectivity index (χ3v) is 5.04. The predicted molar refractivity (Wildman–Crippen MR) is 92.9 cm³/mol. The highest BCUT2D eigenvalue weighted by atomic mass is 32.2. The summed E-state index contributed by atoms with van der Waals surface area (Å²) in [6.07, 6.45) is -0.0701. The van der Waals surface area contributed by atoms with Gasteiger partial charge in [-0.05, 0) is 31.5 Å². The Balaban J connectivity index is 1.45. The van der Waals surface area contributed by atoms with Crippen LogP contribution in [0.2, 0.25) is 0 Å². The van der Waals surface area contributed by atoms with Crippen molar-refractivity contribution >= 4 is 23.3 Å². The maximum atomic E-state index is 5.70. The average molecular weight is 368 g/mol. The number of benzene rings is 1. The molecule has 0 spiro atoms. The van der Waals surface area contributed by atoms with Crippen molar-refractivity contribution in [1.82, 2.24) is 9.36 Å². The Kier molecular flexibility index (Phi) is 5.60. The minimum Gasteiger partial charge on any atom is -0.497 e. The number of hydrogen-bond acceptors (Lipinski definition) is 8. The molecule has 0 N–H and O–H groups in total. The highest BCUT2D eigenvalue weighted by molar-refractivity contribution is 7.98. The Morgan fingerprint density at radius 3 is 2.79 bits per heavy atom. The van der Waals surface area contributed by atoms with Crippen molar-refractivity contribution in [3.63, 3.8) is 0 Å². The average Bonchev–Trinajstić information content (AvgIpc) is 3.17. The smallest absolute Gasteiger partial charge is 0.294 e. The van der Waals surface area contributed by atoms with E-state index in [-0.39, 0.29) is 6.10 Å². The number of ether oxygens (including phenoxy) is 4. The molecule has 1 aromatic heterocycles. The normalized spacial score (nSPS) is 19.4. The van der Waals surface area contributed by atoms with Crippen LogP contribution in [0.1, 0.15) is 19.4 Å². The summed E-state index contributed by atoms with van der Waals surface area (Å²) >= 11 is 2.83. The molecule has 1 aliphatic heterocycles. The number of rotatable bonds is 7. The first-order valence-electron chi connectivity index (χ1n) is 7.58. The molecule has 1 aliphatic rings. The van der Waals surface area contributed by atoms with E-state index in [1.807, 2.05) is 38.1 Å². The summed E-state index contributed by atoms with van der Waals surface area (Å²) in [6.45, 7) is 4.74. The van der Waals surface area contributed by atoms with Crippen molar-refractivity contribution in [2.24, 2.45) is 0 Å². The fourth-order valence-corrected chi connectivity index (χ4v) is 3.65. The van der Waals surface area contributed by atoms with E-state index < -0.39 is 5.79 Å². The van der Waals surface area contributed by atoms with Crippen molar-refractivity contribution in [3.8, 4) is 10.9 Å². The summed E-state index contributed by atoms with van der Waals surface area (Å²) in [7, 11) is 1.66. The zero-order chi connectivity index (χ0) is 17.0. The van der Waals surface area contributed by atoms with Gasteiger partial charge >= 0.3 is 0 Å². The zero-order valence-corrected chi connectivity index (χ0v) is 15.5. The molecule has 0 saturated carbocycles. The summed E-state index contributed by atoms with van der Waals surface area (Å²) in [5, 5.41) is 1.27. The predicted octanol–water partition coefficient (Wildman–Crippen LogP) is 3.37. The van der Waals surface area contributed by atoms with Crippen molar-refractivity contribution in [3.05, 3.63) is 29.8 Å². The molecule has 2 heterocycles. The lowest BCUT2D eigenvalue weighted by Gasteiger charge is -2.16. The molecule has 1 unspecified atom stereocenters. The fraction of sp³-hybridized carbons (Fsp3) is 0.500. The fourth-order valence-electron chi connectivity index (χ4n) is 2.19. The van der Waals surface area contributed by atoms with Gasteiger partial charge in [0.05, 0.1) is 13.7 Å². The van der Waals surface area contributed by atoms with E-state index in [2.05, 4.69) is 9.36 Å². The van der Waals surface area contributed by atoms with E-state index in [4.69, 9.17) is 18.9 Å². The van der Waals surface area contributed by atoms with E-state index in [1.54, 1.807) is 18.9 Å². The van der Waals surface area contributed by atoms with Crippen LogP contribution in [-0.2, 0) is 15.2 Å². The van der Waals surface area contributed by atoms with Crippen molar-refractivity contribution in [2.75, 3.05) is 20.3 Å². The van der Waals surface area contributed by atoms with E-state index in [9.17, 15) is 0 Å². The van der Waals surface area contributed by atoms with Gasteiger partial charge < -0.3 is 18.9 Å². The Morgan fingerprint density at radius 1 is 1.33 bits per heavy atom. The van der Waals surface area contributed by atoms with Gasteiger partial charge in [0.2, 0.25) is 5.16 Å². The van der Waals surface area contributed by atoms with Gasteiger partial charge in [0.25, 0.3) is 5.19 Å². The van der Waals surface area contributed by atoms with Crippen LogP contribution in [0.4, 0.5) is 0 Å². The topological polar surface area (TPSA) is 62.7 Å². The number of hydrogen-bond donors (Lipinski definition) is 0. The van der Waals surface area contributed by atoms with Crippen LogP contribution in [0.25, 0.3) is 0 Å². The van der Waals surface area contributed by atoms with Crippen LogP contribution in [0, 0.1) is 0 Å². The number of nitrogens with zero attached hydrogens (tertiary/aromatic N) is 2. The van der Waals surface area contributed by atoms with E-state index >= 15 is 0 Å². The maximum absolute atomic E-state index is 5.70. The van der Waals surface area contributed by atoms with Gasteiger partial charge in [0.15, 0.2) is 5.79 Å². The Hall–Kier alpha value is -1.35. The van der Waals surface area contributed by atoms with Gasteiger partial charge in [-0.3, -0.25) is 0 Å². The molecule has 1 aromatic carbocycles. The summed E-state index contributed by atoms with van der Waals surface area (Å²) in [6, 6.07) is 7.97. The van der Waals surface area contributed by atoms with Gasteiger partial charge in [-0.25, -0.2) is 0 Å². The molecule has 1 fully saturated rings. The van der Waals surface area contributed by atoms with E-state index in [0.717, 1.165) is 16.7 Å². The molecule has 0 aliphatic carbocycles.